The predicted molar refractivity (Wildman–Crippen MR) is 123 cm³/mol. The number of aryl methyl sites for hydroxylation is 1. The van der Waals surface area contributed by atoms with Crippen LogP contribution in [0.15, 0.2) is 34.2 Å². The van der Waals surface area contributed by atoms with Crippen molar-refractivity contribution in [2.24, 2.45) is 5.92 Å². The van der Waals surface area contributed by atoms with Gasteiger partial charge < -0.3 is 0 Å². The predicted octanol–water partition coefficient (Wildman–Crippen LogP) is 3.30. The maximum absolute atomic E-state index is 13.2. The van der Waals surface area contributed by atoms with Gasteiger partial charge in [-0.05, 0) is 61.9 Å². The van der Waals surface area contributed by atoms with Crippen LogP contribution >= 0.6 is 23.1 Å². The number of amides is 2. The highest BCUT2D eigenvalue weighted by Crippen LogP contribution is 2.36. The van der Waals surface area contributed by atoms with Crippen LogP contribution in [0.4, 0.5) is 4.39 Å². The number of hydrogen-bond acceptors (Lipinski definition) is 6. The number of rotatable bonds is 5. The molecule has 1 aliphatic carbocycles. The summed E-state index contributed by atoms with van der Waals surface area (Å²) in [6.45, 7) is 4.55. The fourth-order valence-electron chi connectivity index (χ4n) is 3.76. The summed E-state index contributed by atoms with van der Waals surface area (Å²) in [6, 6.07) is 4.99. The molecule has 3 aromatic rings. The van der Waals surface area contributed by atoms with E-state index < -0.39 is 17.6 Å². The van der Waals surface area contributed by atoms with Crippen molar-refractivity contribution >= 4 is 45.1 Å². The van der Waals surface area contributed by atoms with Crippen LogP contribution in [-0.4, -0.2) is 27.1 Å². The van der Waals surface area contributed by atoms with E-state index in [0.29, 0.717) is 17.6 Å². The Morgan fingerprint density at radius 1 is 1.28 bits per heavy atom. The number of thioether (sulfide) groups is 1. The summed E-state index contributed by atoms with van der Waals surface area (Å²) in [5.41, 5.74) is 5.94. The Bertz CT molecular complexity index is 1240. The van der Waals surface area contributed by atoms with Gasteiger partial charge in [0.05, 0.1) is 11.1 Å². The van der Waals surface area contributed by atoms with Gasteiger partial charge in [-0.2, -0.15) is 0 Å². The van der Waals surface area contributed by atoms with Crippen molar-refractivity contribution in [2.75, 3.05) is 5.75 Å². The Balaban J connectivity index is 1.45. The summed E-state index contributed by atoms with van der Waals surface area (Å²) in [7, 11) is 0. The van der Waals surface area contributed by atoms with Crippen LogP contribution in [0.1, 0.15) is 41.1 Å². The second kappa shape index (κ2) is 9.41. The molecule has 1 atom stereocenters. The summed E-state index contributed by atoms with van der Waals surface area (Å²) in [5, 5.41) is 1.20. The maximum atomic E-state index is 13.2. The Hall–Kier alpha value is -2.72. The lowest BCUT2D eigenvalue weighted by Crippen LogP contribution is -2.42. The van der Waals surface area contributed by atoms with Gasteiger partial charge in [0.2, 0.25) is 5.91 Å². The van der Waals surface area contributed by atoms with Crippen molar-refractivity contribution in [3.05, 3.63) is 56.4 Å². The Labute approximate surface area is 192 Å². The quantitative estimate of drug-likeness (QED) is 0.336. The van der Waals surface area contributed by atoms with E-state index >= 15 is 0 Å². The lowest BCUT2D eigenvalue weighted by molar-refractivity contribution is -0.119. The van der Waals surface area contributed by atoms with Crippen molar-refractivity contribution in [1.29, 1.82) is 0 Å². The average Bonchev–Trinajstić information content (AvgIpc) is 3.14. The molecule has 1 unspecified atom stereocenters. The zero-order valence-electron chi connectivity index (χ0n) is 17.7. The molecule has 10 heteroatoms. The number of fused-ring (bicyclic) bond motifs is 3. The van der Waals surface area contributed by atoms with Crippen LogP contribution in [0.3, 0.4) is 0 Å². The average molecular weight is 475 g/mol. The molecule has 1 aliphatic rings. The minimum Gasteiger partial charge on any atom is -0.287 e. The molecular formula is C22H23FN4O3S2. The highest BCUT2D eigenvalue weighted by Gasteiger charge is 2.24. The third-order valence-corrected chi connectivity index (χ3v) is 7.58. The fraction of sp³-hybridized carbons (Fsp3) is 0.364. The van der Waals surface area contributed by atoms with Crippen LogP contribution < -0.4 is 16.4 Å². The van der Waals surface area contributed by atoms with E-state index in [-0.39, 0.29) is 16.9 Å². The number of thiophene rings is 1. The van der Waals surface area contributed by atoms with E-state index in [1.807, 2.05) is 6.92 Å². The number of benzene rings is 1. The summed E-state index contributed by atoms with van der Waals surface area (Å²) < 4.78 is 14.6. The van der Waals surface area contributed by atoms with Gasteiger partial charge in [0, 0.05) is 17.0 Å². The molecule has 2 amide bonds. The second-order valence-corrected chi connectivity index (χ2v) is 9.80. The number of nitrogens with zero attached hydrogens (tertiary/aromatic N) is 2. The van der Waals surface area contributed by atoms with Crippen molar-refractivity contribution in [3.63, 3.8) is 0 Å². The third kappa shape index (κ3) is 4.56. The highest BCUT2D eigenvalue weighted by molar-refractivity contribution is 7.99. The molecule has 0 bridgehead atoms. The molecule has 32 heavy (non-hydrogen) atoms. The molecule has 0 saturated heterocycles. The first-order valence-electron chi connectivity index (χ1n) is 10.4. The van der Waals surface area contributed by atoms with E-state index in [0.717, 1.165) is 46.8 Å². The zero-order valence-corrected chi connectivity index (χ0v) is 19.4. The topological polar surface area (TPSA) is 93.1 Å². The molecule has 4 rings (SSSR count). The van der Waals surface area contributed by atoms with E-state index in [1.54, 1.807) is 15.9 Å². The SMILES string of the molecule is CCn1c(SCC(=O)NNC(=O)c2ccc(F)cc2)nc2sc3c(c2c1=O)CCC(C)C3. The molecule has 0 fully saturated rings. The van der Waals surface area contributed by atoms with E-state index in [9.17, 15) is 18.8 Å². The summed E-state index contributed by atoms with van der Waals surface area (Å²) in [5.74, 6) is -0.862. The largest absolute Gasteiger partial charge is 0.287 e. The van der Waals surface area contributed by atoms with Gasteiger partial charge in [0.1, 0.15) is 10.6 Å². The number of nitrogens with one attached hydrogen (secondary N) is 2. The van der Waals surface area contributed by atoms with Crippen LogP contribution in [-0.2, 0) is 24.2 Å². The third-order valence-electron chi connectivity index (χ3n) is 5.45. The highest BCUT2D eigenvalue weighted by atomic mass is 32.2. The minimum absolute atomic E-state index is 0.0240. The monoisotopic (exact) mass is 474 g/mol. The van der Waals surface area contributed by atoms with Crippen LogP contribution in [0, 0.1) is 11.7 Å². The Morgan fingerprint density at radius 2 is 2.03 bits per heavy atom. The Kier molecular flexibility index (Phi) is 6.61. The molecule has 2 heterocycles. The number of carbonyl (C=O) groups excluding carboxylic acids is 2. The molecule has 0 aliphatic heterocycles. The molecule has 0 spiro atoms. The first-order valence-corrected chi connectivity index (χ1v) is 12.2. The lowest BCUT2D eigenvalue weighted by atomic mass is 9.89. The minimum atomic E-state index is -0.549. The molecule has 2 aromatic heterocycles. The van der Waals surface area contributed by atoms with Crippen molar-refractivity contribution in [2.45, 2.75) is 44.8 Å². The molecule has 0 radical (unpaired) electrons. The summed E-state index contributed by atoms with van der Waals surface area (Å²) >= 11 is 2.73. The molecule has 168 valence electrons. The molecule has 1 aromatic carbocycles. The van der Waals surface area contributed by atoms with Crippen molar-refractivity contribution in [1.82, 2.24) is 20.4 Å². The van der Waals surface area contributed by atoms with E-state index in [2.05, 4.69) is 17.8 Å². The van der Waals surface area contributed by atoms with Gasteiger partial charge in [0.15, 0.2) is 5.16 Å². The summed E-state index contributed by atoms with van der Waals surface area (Å²) in [6.07, 6.45) is 2.95. The van der Waals surface area contributed by atoms with Crippen LogP contribution in [0.5, 0.6) is 0 Å². The first-order chi connectivity index (χ1) is 15.4. The first kappa shape index (κ1) is 22.5. The van der Waals surface area contributed by atoms with Crippen LogP contribution in [0.2, 0.25) is 0 Å². The van der Waals surface area contributed by atoms with Gasteiger partial charge in [-0.25, -0.2) is 9.37 Å². The molecule has 2 N–H and O–H groups in total. The Morgan fingerprint density at radius 3 is 2.75 bits per heavy atom. The molecule has 0 saturated carbocycles. The summed E-state index contributed by atoms with van der Waals surface area (Å²) in [4.78, 5) is 44.1. The number of hydrogen-bond donors (Lipinski definition) is 2. The second-order valence-electron chi connectivity index (χ2n) is 7.77. The van der Waals surface area contributed by atoms with Gasteiger partial charge in [0.25, 0.3) is 11.5 Å². The van der Waals surface area contributed by atoms with E-state index in [4.69, 9.17) is 4.98 Å². The van der Waals surface area contributed by atoms with Gasteiger partial charge in [-0.3, -0.25) is 29.8 Å². The zero-order chi connectivity index (χ0) is 22.8. The maximum Gasteiger partial charge on any atom is 0.269 e. The van der Waals surface area contributed by atoms with Gasteiger partial charge in [-0.1, -0.05) is 18.7 Å². The number of hydrazine groups is 1. The van der Waals surface area contributed by atoms with Gasteiger partial charge >= 0.3 is 0 Å². The van der Waals surface area contributed by atoms with Crippen LogP contribution in [0.25, 0.3) is 10.2 Å². The van der Waals surface area contributed by atoms with Gasteiger partial charge in [-0.15, -0.1) is 11.3 Å². The molecular weight excluding hydrogens is 451 g/mol. The standard InChI is InChI=1S/C22H23FN4O3S2/c1-3-27-21(30)18-15-9-4-12(2)10-16(15)32-20(18)24-22(27)31-11-17(28)25-26-19(29)13-5-7-14(23)8-6-13/h5-8,12H,3-4,9-11H2,1-2H3,(H,25,28)(H,26,29). The van der Waals surface area contributed by atoms with Crippen molar-refractivity contribution < 1.29 is 14.0 Å². The smallest absolute Gasteiger partial charge is 0.269 e. The molecule has 7 nitrogen and oxygen atoms in total. The fourth-order valence-corrected chi connectivity index (χ4v) is 6.05. The number of aromatic nitrogens is 2. The van der Waals surface area contributed by atoms with Crippen molar-refractivity contribution in [3.8, 4) is 0 Å². The lowest BCUT2D eigenvalue weighted by Gasteiger charge is -2.17. The normalized spacial score (nSPS) is 15.4. The number of carbonyl (C=O) groups is 2. The van der Waals surface area contributed by atoms with E-state index in [1.165, 1.54) is 29.1 Å². The number of halogens is 1.